The van der Waals surface area contributed by atoms with Gasteiger partial charge in [0, 0.05) is 11.1 Å². The van der Waals surface area contributed by atoms with Crippen LogP contribution in [0.2, 0.25) is 0 Å². The lowest BCUT2D eigenvalue weighted by atomic mass is 9.95. The summed E-state index contributed by atoms with van der Waals surface area (Å²) in [5.74, 6) is 0.947. The van der Waals surface area contributed by atoms with Crippen molar-refractivity contribution in [2.24, 2.45) is 0 Å². The van der Waals surface area contributed by atoms with E-state index in [0.29, 0.717) is 17.4 Å². The largest absolute Gasteiger partial charge is 0.390 e. The van der Waals surface area contributed by atoms with E-state index in [9.17, 15) is 0 Å². The minimum Gasteiger partial charge on any atom is -0.390 e. The first kappa shape index (κ1) is 12.5. The summed E-state index contributed by atoms with van der Waals surface area (Å²) in [6, 6.07) is 1.75. The van der Waals surface area contributed by atoms with Crippen molar-refractivity contribution in [3.8, 4) is 23.0 Å². The predicted octanol–water partition coefficient (Wildman–Crippen LogP) is 2.72. The minimum absolute atomic E-state index is 0.461. The lowest BCUT2D eigenvalue weighted by Crippen LogP contribution is -1.99. The maximum atomic E-state index is 6.17. The normalized spacial score (nSPS) is 14.1. The number of hydrogen-bond donors (Lipinski definition) is 1. The molecular formula is C14H13N5OS. The van der Waals surface area contributed by atoms with E-state index in [1.54, 1.807) is 23.6 Å². The van der Waals surface area contributed by atoms with Gasteiger partial charge in [0.1, 0.15) is 12.0 Å². The number of aryl methyl sites for hydroxylation is 1. The second-order valence-electron chi connectivity index (χ2n) is 4.97. The van der Waals surface area contributed by atoms with Crippen LogP contribution < -0.4 is 5.73 Å². The Labute approximate surface area is 125 Å². The Balaban J connectivity index is 1.78. The lowest BCUT2D eigenvalue weighted by molar-refractivity contribution is 0.432. The molecule has 2 N–H and O–H groups in total. The molecule has 7 heteroatoms. The second kappa shape index (κ2) is 4.92. The van der Waals surface area contributed by atoms with Gasteiger partial charge in [-0.1, -0.05) is 5.16 Å². The molecule has 0 amide bonds. The molecule has 0 spiro atoms. The van der Waals surface area contributed by atoms with Gasteiger partial charge in [0.25, 0.3) is 5.89 Å². The molecule has 106 valence electrons. The SMILES string of the molecule is Nc1sc2c(c1-c1nc(-c3ccncn3)no1)CCCC2. The quantitative estimate of drug-likeness (QED) is 0.782. The number of fused-ring (bicyclic) bond motifs is 1. The summed E-state index contributed by atoms with van der Waals surface area (Å²) in [5.41, 5.74) is 9.01. The van der Waals surface area contributed by atoms with Gasteiger partial charge in [-0.25, -0.2) is 9.97 Å². The van der Waals surface area contributed by atoms with Crippen LogP contribution in [0.1, 0.15) is 23.3 Å². The number of anilines is 1. The molecule has 1 aliphatic rings. The van der Waals surface area contributed by atoms with Crippen molar-refractivity contribution in [2.45, 2.75) is 25.7 Å². The molecule has 0 unspecified atom stereocenters. The van der Waals surface area contributed by atoms with Crippen LogP contribution in [0.15, 0.2) is 23.1 Å². The molecule has 1 aliphatic carbocycles. The molecule has 0 aliphatic heterocycles. The maximum Gasteiger partial charge on any atom is 0.261 e. The number of nitrogens with two attached hydrogens (primary N) is 1. The van der Waals surface area contributed by atoms with E-state index in [4.69, 9.17) is 10.3 Å². The molecule has 0 radical (unpaired) electrons. The summed E-state index contributed by atoms with van der Waals surface area (Å²) in [4.78, 5) is 13.8. The highest BCUT2D eigenvalue weighted by Gasteiger charge is 2.24. The molecule has 6 nitrogen and oxygen atoms in total. The summed E-state index contributed by atoms with van der Waals surface area (Å²) >= 11 is 1.64. The Hall–Kier alpha value is -2.28. The molecule has 0 atom stereocenters. The smallest absolute Gasteiger partial charge is 0.261 e. The molecule has 0 fully saturated rings. The highest BCUT2D eigenvalue weighted by molar-refractivity contribution is 7.16. The van der Waals surface area contributed by atoms with Gasteiger partial charge in [0.05, 0.1) is 10.6 Å². The van der Waals surface area contributed by atoms with E-state index in [0.717, 1.165) is 23.4 Å². The molecular weight excluding hydrogens is 286 g/mol. The van der Waals surface area contributed by atoms with Crippen LogP contribution in [-0.4, -0.2) is 20.1 Å². The molecule has 21 heavy (non-hydrogen) atoms. The third-order valence-corrected chi connectivity index (χ3v) is 4.77. The standard InChI is InChI=1S/C14H13N5OS/c15-12-11(8-3-1-2-4-10(8)21-12)14-18-13(19-20-14)9-5-6-16-7-17-9/h5-7H,1-4,15H2. The minimum atomic E-state index is 0.461. The maximum absolute atomic E-state index is 6.17. The lowest BCUT2D eigenvalue weighted by Gasteiger charge is -2.10. The predicted molar refractivity (Wildman–Crippen MR) is 79.7 cm³/mol. The molecule has 3 heterocycles. The van der Waals surface area contributed by atoms with Gasteiger partial charge in [0.15, 0.2) is 0 Å². The number of rotatable bonds is 2. The van der Waals surface area contributed by atoms with E-state index in [2.05, 4.69) is 20.1 Å². The van der Waals surface area contributed by atoms with E-state index in [1.165, 1.54) is 29.6 Å². The Morgan fingerprint density at radius 2 is 2.14 bits per heavy atom. The Kier molecular flexibility index (Phi) is 2.92. The third-order valence-electron chi connectivity index (χ3n) is 3.65. The van der Waals surface area contributed by atoms with Crippen molar-refractivity contribution in [1.29, 1.82) is 0 Å². The fourth-order valence-electron chi connectivity index (χ4n) is 2.67. The number of nitrogens with zero attached hydrogens (tertiary/aromatic N) is 4. The van der Waals surface area contributed by atoms with Crippen LogP contribution in [0.5, 0.6) is 0 Å². The average Bonchev–Trinajstić information content (AvgIpc) is 3.11. The summed E-state index contributed by atoms with van der Waals surface area (Å²) in [7, 11) is 0. The molecule has 0 saturated heterocycles. The first-order valence-electron chi connectivity index (χ1n) is 6.83. The van der Waals surface area contributed by atoms with Crippen molar-refractivity contribution in [3.05, 3.63) is 29.0 Å². The van der Waals surface area contributed by atoms with Gasteiger partial charge in [-0.3, -0.25) is 0 Å². The van der Waals surface area contributed by atoms with Gasteiger partial charge in [0.2, 0.25) is 5.82 Å². The van der Waals surface area contributed by atoms with Gasteiger partial charge in [-0.2, -0.15) is 4.98 Å². The van der Waals surface area contributed by atoms with Crippen LogP contribution in [0.25, 0.3) is 23.0 Å². The summed E-state index contributed by atoms with van der Waals surface area (Å²) < 4.78 is 5.42. The molecule has 3 aromatic rings. The van der Waals surface area contributed by atoms with Gasteiger partial charge in [-0.15, -0.1) is 11.3 Å². The van der Waals surface area contributed by atoms with Crippen molar-refractivity contribution >= 4 is 16.3 Å². The van der Waals surface area contributed by atoms with Gasteiger partial charge in [-0.05, 0) is 37.3 Å². The fourth-order valence-corrected chi connectivity index (χ4v) is 3.83. The van der Waals surface area contributed by atoms with Crippen molar-refractivity contribution in [1.82, 2.24) is 20.1 Å². The number of aromatic nitrogens is 4. The topological polar surface area (TPSA) is 90.7 Å². The average molecular weight is 299 g/mol. The molecule has 0 bridgehead atoms. The van der Waals surface area contributed by atoms with E-state index in [1.807, 2.05) is 0 Å². The molecule has 0 aromatic carbocycles. The zero-order valence-electron chi connectivity index (χ0n) is 11.2. The monoisotopic (exact) mass is 299 g/mol. The summed E-state index contributed by atoms with van der Waals surface area (Å²) in [5, 5.41) is 4.77. The second-order valence-corrected chi connectivity index (χ2v) is 6.10. The number of hydrogen-bond acceptors (Lipinski definition) is 7. The highest BCUT2D eigenvalue weighted by Crippen LogP contribution is 2.42. The first-order valence-corrected chi connectivity index (χ1v) is 7.65. The third kappa shape index (κ3) is 2.09. The Bertz CT molecular complexity index is 780. The van der Waals surface area contributed by atoms with Crippen molar-refractivity contribution in [3.63, 3.8) is 0 Å². The molecule has 4 rings (SSSR count). The Morgan fingerprint density at radius 3 is 3.00 bits per heavy atom. The van der Waals surface area contributed by atoms with Crippen LogP contribution >= 0.6 is 11.3 Å². The first-order chi connectivity index (χ1) is 10.3. The van der Waals surface area contributed by atoms with Crippen LogP contribution in [0, 0.1) is 0 Å². The van der Waals surface area contributed by atoms with Gasteiger partial charge >= 0.3 is 0 Å². The summed E-state index contributed by atoms with van der Waals surface area (Å²) in [6.45, 7) is 0. The zero-order valence-corrected chi connectivity index (χ0v) is 12.1. The Morgan fingerprint density at radius 1 is 1.24 bits per heavy atom. The van der Waals surface area contributed by atoms with Crippen molar-refractivity contribution in [2.75, 3.05) is 5.73 Å². The van der Waals surface area contributed by atoms with Crippen molar-refractivity contribution < 1.29 is 4.52 Å². The summed E-state index contributed by atoms with van der Waals surface area (Å²) in [6.07, 6.45) is 7.65. The fraction of sp³-hybridized carbons (Fsp3) is 0.286. The zero-order chi connectivity index (χ0) is 14.2. The number of thiophene rings is 1. The van der Waals surface area contributed by atoms with E-state index >= 15 is 0 Å². The van der Waals surface area contributed by atoms with Crippen LogP contribution in [-0.2, 0) is 12.8 Å². The molecule has 0 saturated carbocycles. The van der Waals surface area contributed by atoms with E-state index < -0.39 is 0 Å². The number of nitrogen functional groups attached to an aromatic ring is 1. The molecule has 3 aromatic heterocycles. The van der Waals surface area contributed by atoms with Crippen LogP contribution in [0.3, 0.4) is 0 Å². The highest BCUT2D eigenvalue weighted by atomic mass is 32.1. The van der Waals surface area contributed by atoms with Crippen LogP contribution in [0.4, 0.5) is 5.00 Å². The van der Waals surface area contributed by atoms with Gasteiger partial charge < -0.3 is 10.3 Å². The van der Waals surface area contributed by atoms with E-state index in [-0.39, 0.29) is 0 Å².